The van der Waals surface area contributed by atoms with Crippen molar-refractivity contribution in [3.05, 3.63) is 24.0 Å². The normalized spacial score (nSPS) is 12.3. The summed E-state index contributed by atoms with van der Waals surface area (Å²) < 4.78 is 20.4. The summed E-state index contributed by atoms with van der Waals surface area (Å²) in [5, 5.41) is 0. The molecule has 0 atom stereocenters. The smallest absolute Gasteiger partial charge is 0.167 e. The Morgan fingerprint density at radius 3 is 2.65 bits per heavy atom. The number of rotatable bonds is 2. The first-order valence-corrected chi connectivity index (χ1v) is 5.44. The molecule has 5 heteroatoms. The highest BCUT2D eigenvalue weighted by Gasteiger charge is 2.22. The Hall–Kier alpha value is -1.49. The van der Waals surface area contributed by atoms with Crippen LogP contribution in [-0.2, 0) is 16.9 Å². The lowest BCUT2D eigenvalue weighted by atomic mass is 9.91. The third kappa shape index (κ3) is 2.02. The van der Waals surface area contributed by atoms with Gasteiger partial charge in [0, 0.05) is 12.5 Å². The molecule has 0 aliphatic heterocycles. The molecule has 0 saturated heterocycles. The molecule has 4 nitrogen and oxygen atoms in total. The molecule has 0 aromatic carbocycles. The predicted octanol–water partition coefficient (Wildman–Crippen LogP) is 2.47. The summed E-state index contributed by atoms with van der Waals surface area (Å²) in [6, 6.07) is 0. The van der Waals surface area contributed by atoms with Gasteiger partial charge in [-0.25, -0.2) is 9.37 Å². The summed E-state index contributed by atoms with van der Waals surface area (Å²) in [4.78, 5) is 8.40. The zero-order valence-electron chi connectivity index (χ0n) is 10.5. The molecular formula is C12H16FN3O. The molecule has 0 aliphatic rings. The van der Waals surface area contributed by atoms with Crippen molar-refractivity contribution in [2.75, 3.05) is 7.11 Å². The molecule has 2 aromatic rings. The van der Waals surface area contributed by atoms with Crippen LogP contribution >= 0.6 is 0 Å². The van der Waals surface area contributed by atoms with E-state index in [1.807, 2.05) is 20.8 Å². The highest BCUT2D eigenvalue weighted by molar-refractivity contribution is 5.79. The average molecular weight is 237 g/mol. The summed E-state index contributed by atoms with van der Waals surface area (Å²) in [7, 11) is 1.57. The third-order valence-electron chi connectivity index (χ3n) is 2.57. The van der Waals surface area contributed by atoms with Gasteiger partial charge in [0.05, 0.1) is 18.2 Å². The summed E-state index contributed by atoms with van der Waals surface area (Å²) in [6.07, 6.45) is 2.82. The molecule has 0 bridgehead atoms. The summed E-state index contributed by atoms with van der Waals surface area (Å²) in [5.74, 6) is -0.373. The third-order valence-corrected chi connectivity index (χ3v) is 2.57. The largest absolute Gasteiger partial charge is 0.364 e. The van der Waals surface area contributed by atoms with Crippen LogP contribution in [-0.4, -0.2) is 21.6 Å². The summed E-state index contributed by atoms with van der Waals surface area (Å²) >= 11 is 0. The van der Waals surface area contributed by atoms with Gasteiger partial charge in [-0.2, -0.15) is 0 Å². The first kappa shape index (κ1) is 12.0. The first-order chi connectivity index (χ1) is 7.95. The van der Waals surface area contributed by atoms with E-state index in [1.54, 1.807) is 18.0 Å². The molecule has 0 saturated carbocycles. The molecule has 0 radical (unpaired) electrons. The van der Waals surface area contributed by atoms with Crippen LogP contribution < -0.4 is 0 Å². The van der Waals surface area contributed by atoms with Gasteiger partial charge in [0.25, 0.3) is 0 Å². The van der Waals surface area contributed by atoms with Gasteiger partial charge in [0.1, 0.15) is 17.8 Å². The van der Waals surface area contributed by atoms with Crippen molar-refractivity contribution < 1.29 is 9.13 Å². The molecule has 0 amide bonds. The minimum absolute atomic E-state index is 0.168. The number of methoxy groups -OCH3 is 1. The number of hydrogen-bond acceptors (Lipinski definition) is 3. The van der Waals surface area contributed by atoms with E-state index in [-0.39, 0.29) is 18.0 Å². The fraction of sp³-hybridized carbons (Fsp3) is 0.500. The van der Waals surface area contributed by atoms with E-state index in [4.69, 9.17) is 4.74 Å². The lowest BCUT2D eigenvalue weighted by Crippen LogP contribution is -2.15. The molecule has 0 N–H and O–H groups in total. The van der Waals surface area contributed by atoms with Crippen LogP contribution in [0.4, 0.5) is 4.39 Å². The van der Waals surface area contributed by atoms with Gasteiger partial charge < -0.3 is 9.30 Å². The molecule has 92 valence electrons. The van der Waals surface area contributed by atoms with E-state index >= 15 is 0 Å². The number of ether oxygens (including phenoxy) is 1. The van der Waals surface area contributed by atoms with Crippen LogP contribution in [0, 0.1) is 5.82 Å². The number of halogens is 1. The van der Waals surface area contributed by atoms with Gasteiger partial charge in [-0.15, -0.1) is 0 Å². The highest BCUT2D eigenvalue weighted by Crippen LogP contribution is 2.28. The number of imidazole rings is 1. The fourth-order valence-corrected chi connectivity index (χ4v) is 1.84. The Kier molecular flexibility index (Phi) is 2.87. The van der Waals surface area contributed by atoms with Gasteiger partial charge in [0.15, 0.2) is 5.82 Å². The van der Waals surface area contributed by atoms with Gasteiger partial charge in [0.2, 0.25) is 0 Å². The second-order valence-electron chi connectivity index (χ2n) is 5.03. The summed E-state index contributed by atoms with van der Waals surface area (Å²) in [5.41, 5.74) is 1.68. The van der Waals surface area contributed by atoms with Crippen LogP contribution in [0.1, 0.15) is 26.5 Å². The molecule has 0 spiro atoms. The maximum Gasteiger partial charge on any atom is 0.167 e. The molecular weight excluding hydrogens is 221 g/mol. The SMILES string of the molecule is COCn1cnc2c(C(C)(C)C)ncc(F)c21. The maximum atomic E-state index is 13.8. The Morgan fingerprint density at radius 2 is 2.06 bits per heavy atom. The quantitative estimate of drug-likeness (QED) is 0.805. The average Bonchev–Trinajstić information content (AvgIpc) is 2.62. The van der Waals surface area contributed by atoms with Crippen molar-refractivity contribution in [3.8, 4) is 0 Å². The Bertz CT molecular complexity index is 542. The van der Waals surface area contributed by atoms with Crippen LogP contribution in [0.15, 0.2) is 12.5 Å². The van der Waals surface area contributed by atoms with Crippen LogP contribution in [0.3, 0.4) is 0 Å². The Morgan fingerprint density at radius 1 is 1.35 bits per heavy atom. The number of pyridine rings is 1. The van der Waals surface area contributed by atoms with Crippen LogP contribution in [0.2, 0.25) is 0 Å². The van der Waals surface area contributed by atoms with Crippen molar-refractivity contribution in [2.45, 2.75) is 32.9 Å². The molecule has 2 aromatic heterocycles. The van der Waals surface area contributed by atoms with Gasteiger partial charge in [-0.3, -0.25) is 4.98 Å². The van der Waals surface area contributed by atoms with E-state index in [9.17, 15) is 4.39 Å². The predicted molar refractivity (Wildman–Crippen MR) is 63.2 cm³/mol. The van der Waals surface area contributed by atoms with Crippen molar-refractivity contribution >= 4 is 11.0 Å². The maximum absolute atomic E-state index is 13.8. The van der Waals surface area contributed by atoms with Gasteiger partial charge in [-0.1, -0.05) is 20.8 Å². The molecule has 0 fully saturated rings. The number of fused-ring (bicyclic) bond motifs is 1. The molecule has 17 heavy (non-hydrogen) atoms. The van der Waals surface area contributed by atoms with E-state index < -0.39 is 0 Å². The lowest BCUT2D eigenvalue weighted by molar-refractivity contribution is 0.134. The second kappa shape index (κ2) is 4.07. The fourth-order valence-electron chi connectivity index (χ4n) is 1.84. The van der Waals surface area contributed by atoms with E-state index in [1.165, 1.54) is 6.20 Å². The van der Waals surface area contributed by atoms with E-state index in [2.05, 4.69) is 9.97 Å². The van der Waals surface area contributed by atoms with Crippen LogP contribution in [0.25, 0.3) is 11.0 Å². The van der Waals surface area contributed by atoms with Crippen LogP contribution in [0.5, 0.6) is 0 Å². The summed E-state index contributed by atoms with van der Waals surface area (Å²) in [6.45, 7) is 6.37. The van der Waals surface area contributed by atoms with E-state index in [0.717, 1.165) is 5.69 Å². The minimum Gasteiger partial charge on any atom is -0.364 e. The van der Waals surface area contributed by atoms with Gasteiger partial charge >= 0.3 is 0 Å². The lowest BCUT2D eigenvalue weighted by Gasteiger charge is -2.18. The minimum atomic E-state index is -0.373. The Balaban J connectivity index is 2.71. The van der Waals surface area contributed by atoms with Crippen molar-refractivity contribution in [3.63, 3.8) is 0 Å². The number of nitrogens with zero attached hydrogens (tertiary/aromatic N) is 3. The molecule has 2 rings (SSSR count). The van der Waals surface area contributed by atoms with Crippen molar-refractivity contribution in [1.29, 1.82) is 0 Å². The Labute approximate surface area is 99.4 Å². The van der Waals surface area contributed by atoms with Gasteiger partial charge in [-0.05, 0) is 0 Å². The zero-order chi connectivity index (χ0) is 12.6. The monoisotopic (exact) mass is 237 g/mol. The zero-order valence-corrected chi connectivity index (χ0v) is 10.5. The topological polar surface area (TPSA) is 39.9 Å². The van der Waals surface area contributed by atoms with Crippen molar-refractivity contribution in [2.24, 2.45) is 0 Å². The first-order valence-electron chi connectivity index (χ1n) is 5.44. The number of hydrogen-bond donors (Lipinski definition) is 0. The van der Waals surface area contributed by atoms with Crippen molar-refractivity contribution in [1.82, 2.24) is 14.5 Å². The molecule has 0 unspecified atom stereocenters. The standard InChI is InChI=1S/C12H16FN3O/c1-12(2,3)11-9-10(8(13)5-14-11)16(6-15-9)7-17-4/h5-6H,7H2,1-4H3. The molecule has 0 aliphatic carbocycles. The highest BCUT2D eigenvalue weighted by atomic mass is 19.1. The number of aromatic nitrogens is 3. The molecule has 2 heterocycles. The second-order valence-corrected chi connectivity index (χ2v) is 5.03. The van der Waals surface area contributed by atoms with E-state index in [0.29, 0.717) is 11.0 Å².